The first kappa shape index (κ1) is 14.9. The summed E-state index contributed by atoms with van der Waals surface area (Å²) in [5, 5.41) is 0. The summed E-state index contributed by atoms with van der Waals surface area (Å²) < 4.78 is 0.974. The fraction of sp³-hybridized carbons (Fsp3) is 0.312. The maximum atomic E-state index is 5.91. The monoisotopic (exact) mass is 333 g/mol. The Kier molecular flexibility index (Phi) is 4.65. The summed E-state index contributed by atoms with van der Waals surface area (Å²) in [6.45, 7) is 7.17. The lowest BCUT2D eigenvalue weighted by Gasteiger charge is -2.29. The molecule has 0 atom stereocenters. The van der Waals surface area contributed by atoms with Crippen LogP contribution in [0.5, 0.6) is 0 Å². The summed E-state index contributed by atoms with van der Waals surface area (Å²) >= 11 is 3.63. The molecule has 0 aliphatic rings. The van der Waals surface area contributed by atoms with Gasteiger partial charge in [-0.05, 0) is 47.8 Å². The molecule has 0 aliphatic carbocycles. The van der Waals surface area contributed by atoms with Crippen molar-refractivity contribution in [3.05, 3.63) is 52.1 Å². The molecular weight excluding hydrogens is 314 g/mol. The zero-order valence-electron chi connectivity index (χ0n) is 12.1. The van der Waals surface area contributed by atoms with Crippen LogP contribution in [-0.2, 0) is 6.54 Å². The van der Waals surface area contributed by atoms with E-state index in [-0.39, 0.29) is 0 Å². The van der Waals surface area contributed by atoms with Crippen molar-refractivity contribution >= 4 is 27.4 Å². The van der Waals surface area contributed by atoms with Gasteiger partial charge in [0.25, 0.3) is 0 Å². The number of nitrogen functional groups attached to an aromatic ring is 1. The third-order valence-corrected chi connectivity index (χ3v) is 4.33. The Labute approximate surface area is 129 Å². The minimum atomic E-state index is 0.349. The van der Waals surface area contributed by atoms with Crippen molar-refractivity contribution in [1.82, 2.24) is 4.98 Å². The second-order valence-electron chi connectivity index (χ2n) is 5.18. The average molecular weight is 334 g/mol. The second-order valence-corrected chi connectivity index (χ2v) is 5.98. The maximum Gasteiger partial charge on any atom is 0.143 e. The molecule has 4 heteroatoms. The van der Waals surface area contributed by atoms with E-state index in [4.69, 9.17) is 5.73 Å². The van der Waals surface area contributed by atoms with Gasteiger partial charge >= 0.3 is 0 Å². The molecule has 0 radical (unpaired) electrons. The first-order valence-corrected chi connectivity index (χ1v) is 7.51. The van der Waals surface area contributed by atoms with Crippen molar-refractivity contribution in [3.63, 3.8) is 0 Å². The van der Waals surface area contributed by atoms with Crippen LogP contribution in [-0.4, -0.2) is 11.0 Å². The Hall–Kier alpha value is -1.55. The number of rotatable bonds is 4. The van der Waals surface area contributed by atoms with Gasteiger partial charge in [-0.25, -0.2) is 4.98 Å². The number of halogens is 1. The van der Waals surface area contributed by atoms with Crippen LogP contribution in [0.4, 0.5) is 11.5 Å². The molecule has 1 aromatic carbocycles. The molecule has 3 nitrogen and oxygen atoms in total. The van der Waals surface area contributed by atoms with Gasteiger partial charge in [-0.3, -0.25) is 0 Å². The molecule has 0 aliphatic heterocycles. The standard InChI is InChI=1S/C16H20BrN3/c1-11(2)20(10-13-7-5-4-6-8-13)16-15(17)12(3)14(18)9-19-16/h4-9,11H,10,18H2,1-3H3. The molecule has 2 rings (SSSR count). The van der Waals surface area contributed by atoms with Crippen LogP contribution in [0, 0.1) is 6.92 Å². The number of aromatic nitrogens is 1. The molecule has 106 valence electrons. The SMILES string of the molecule is Cc1c(N)cnc(N(Cc2ccccc2)C(C)C)c1Br. The lowest BCUT2D eigenvalue weighted by molar-refractivity contribution is 0.670. The van der Waals surface area contributed by atoms with E-state index in [1.165, 1.54) is 5.56 Å². The number of pyridine rings is 1. The van der Waals surface area contributed by atoms with E-state index in [9.17, 15) is 0 Å². The number of nitrogens with zero attached hydrogens (tertiary/aromatic N) is 2. The molecule has 0 bridgehead atoms. The van der Waals surface area contributed by atoms with Gasteiger partial charge in [0.15, 0.2) is 0 Å². The van der Waals surface area contributed by atoms with Gasteiger partial charge in [0.2, 0.25) is 0 Å². The fourth-order valence-electron chi connectivity index (χ4n) is 2.06. The van der Waals surface area contributed by atoms with Gasteiger partial charge in [-0.15, -0.1) is 0 Å². The van der Waals surface area contributed by atoms with E-state index >= 15 is 0 Å². The predicted octanol–water partition coefficient (Wildman–Crippen LogP) is 4.15. The fourth-order valence-corrected chi connectivity index (χ4v) is 2.62. The van der Waals surface area contributed by atoms with E-state index in [2.05, 4.69) is 63.9 Å². The first-order valence-electron chi connectivity index (χ1n) is 6.72. The van der Waals surface area contributed by atoms with E-state index in [0.29, 0.717) is 11.7 Å². The first-order chi connectivity index (χ1) is 9.50. The van der Waals surface area contributed by atoms with Gasteiger partial charge in [-0.2, -0.15) is 0 Å². The third-order valence-electron chi connectivity index (χ3n) is 3.38. The number of nitrogens with two attached hydrogens (primary N) is 1. The largest absolute Gasteiger partial charge is 0.397 e. The average Bonchev–Trinajstić information content (AvgIpc) is 2.44. The van der Waals surface area contributed by atoms with E-state index in [1.807, 2.05) is 13.0 Å². The summed E-state index contributed by atoms with van der Waals surface area (Å²) in [6, 6.07) is 10.8. The Bertz CT molecular complexity index is 582. The molecule has 0 unspecified atom stereocenters. The smallest absolute Gasteiger partial charge is 0.143 e. The van der Waals surface area contributed by atoms with Crippen LogP contribution in [0.3, 0.4) is 0 Å². The third kappa shape index (κ3) is 3.12. The summed E-state index contributed by atoms with van der Waals surface area (Å²) in [7, 11) is 0. The van der Waals surface area contributed by atoms with Gasteiger partial charge in [0.1, 0.15) is 5.82 Å². The van der Waals surface area contributed by atoms with Crippen LogP contribution in [0.25, 0.3) is 0 Å². The van der Waals surface area contributed by atoms with Crippen LogP contribution in [0.2, 0.25) is 0 Å². The number of anilines is 2. The Morgan fingerprint density at radius 2 is 1.90 bits per heavy atom. The summed E-state index contributed by atoms with van der Waals surface area (Å²) in [5.41, 5.74) is 8.92. The zero-order chi connectivity index (χ0) is 14.7. The van der Waals surface area contributed by atoms with Crippen LogP contribution < -0.4 is 10.6 Å². The Morgan fingerprint density at radius 1 is 1.25 bits per heavy atom. The predicted molar refractivity (Wildman–Crippen MR) is 88.8 cm³/mol. The summed E-state index contributed by atoms with van der Waals surface area (Å²) in [4.78, 5) is 6.78. The van der Waals surface area contributed by atoms with Gasteiger partial charge < -0.3 is 10.6 Å². The van der Waals surface area contributed by atoms with Crippen molar-refractivity contribution in [2.75, 3.05) is 10.6 Å². The van der Waals surface area contributed by atoms with Gasteiger partial charge in [0.05, 0.1) is 16.4 Å². The molecule has 0 saturated heterocycles. The van der Waals surface area contributed by atoms with Crippen LogP contribution in [0.15, 0.2) is 41.0 Å². The van der Waals surface area contributed by atoms with E-state index in [0.717, 1.165) is 22.4 Å². The highest BCUT2D eigenvalue weighted by molar-refractivity contribution is 9.10. The van der Waals surface area contributed by atoms with Gasteiger partial charge in [-0.1, -0.05) is 30.3 Å². The van der Waals surface area contributed by atoms with Crippen LogP contribution >= 0.6 is 15.9 Å². The van der Waals surface area contributed by atoms with Crippen molar-refractivity contribution in [3.8, 4) is 0 Å². The highest BCUT2D eigenvalue weighted by Gasteiger charge is 2.17. The lowest BCUT2D eigenvalue weighted by atomic mass is 10.1. The topological polar surface area (TPSA) is 42.1 Å². The second kappa shape index (κ2) is 6.27. The van der Waals surface area contributed by atoms with Crippen molar-refractivity contribution in [2.24, 2.45) is 0 Å². The van der Waals surface area contributed by atoms with Crippen molar-refractivity contribution in [1.29, 1.82) is 0 Å². The Morgan fingerprint density at radius 3 is 2.50 bits per heavy atom. The molecular formula is C16H20BrN3. The molecule has 0 amide bonds. The highest BCUT2D eigenvalue weighted by atomic mass is 79.9. The molecule has 2 aromatic rings. The quantitative estimate of drug-likeness (QED) is 0.913. The van der Waals surface area contributed by atoms with Gasteiger partial charge in [0, 0.05) is 12.6 Å². The lowest BCUT2D eigenvalue weighted by Crippen LogP contribution is -2.31. The summed E-state index contributed by atoms with van der Waals surface area (Å²) in [5.74, 6) is 0.940. The van der Waals surface area contributed by atoms with E-state index < -0.39 is 0 Å². The molecule has 20 heavy (non-hydrogen) atoms. The van der Waals surface area contributed by atoms with E-state index in [1.54, 1.807) is 6.20 Å². The normalized spacial score (nSPS) is 10.8. The van der Waals surface area contributed by atoms with Crippen LogP contribution in [0.1, 0.15) is 25.0 Å². The minimum Gasteiger partial charge on any atom is -0.397 e. The number of hydrogen-bond acceptors (Lipinski definition) is 3. The number of hydrogen-bond donors (Lipinski definition) is 1. The summed E-state index contributed by atoms with van der Waals surface area (Å²) in [6.07, 6.45) is 1.73. The molecule has 1 aromatic heterocycles. The zero-order valence-corrected chi connectivity index (χ0v) is 13.7. The van der Waals surface area contributed by atoms with Crippen molar-refractivity contribution < 1.29 is 0 Å². The maximum absolute atomic E-state index is 5.91. The highest BCUT2D eigenvalue weighted by Crippen LogP contribution is 2.32. The Balaban J connectivity index is 2.37. The molecule has 0 saturated carbocycles. The molecule has 1 heterocycles. The van der Waals surface area contributed by atoms with Crippen molar-refractivity contribution in [2.45, 2.75) is 33.4 Å². The molecule has 2 N–H and O–H groups in total. The minimum absolute atomic E-state index is 0.349. The molecule has 0 fully saturated rings. The number of benzene rings is 1. The molecule has 0 spiro atoms.